The number of nitrogens with zero attached hydrogens (tertiary/aromatic N) is 2. The highest BCUT2D eigenvalue weighted by molar-refractivity contribution is 14.0. The Kier molecular flexibility index (Phi) is 8.38. The van der Waals surface area contributed by atoms with Crippen molar-refractivity contribution in [2.75, 3.05) is 39.5 Å². The molecule has 1 aliphatic heterocycles. The number of hydrogen-bond acceptors (Lipinski definition) is 3. The van der Waals surface area contributed by atoms with Crippen LogP contribution in [0.1, 0.15) is 27.7 Å². The molecule has 1 amide bonds. The van der Waals surface area contributed by atoms with E-state index < -0.39 is 5.41 Å². The maximum Gasteiger partial charge on any atom is 0.227 e. The fraction of sp³-hybridized carbons (Fsp3) is 0.857. The number of thioether (sulfide) groups is 1. The van der Waals surface area contributed by atoms with E-state index in [-0.39, 0.29) is 34.6 Å². The molecule has 2 N–H and O–H groups in total. The van der Waals surface area contributed by atoms with Crippen LogP contribution in [-0.4, -0.2) is 61.0 Å². The number of aliphatic imine (C=N–C) groups is 1. The van der Waals surface area contributed by atoms with Crippen molar-refractivity contribution < 1.29 is 4.79 Å². The van der Waals surface area contributed by atoms with Gasteiger partial charge in [0.05, 0.1) is 5.41 Å². The molecule has 0 aliphatic carbocycles. The van der Waals surface area contributed by atoms with Crippen molar-refractivity contribution in [2.45, 2.75) is 32.4 Å². The molecule has 0 aromatic heterocycles. The summed E-state index contributed by atoms with van der Waals surface area (Å²) in [4.78, 5) is 18.4. The number of nitrogens with one attached hydrogen (secondary N) is 2. The van der Waals surface area contributed by atoms with Crippen LogP contribution < -0.4 is 10.6 Å². The number of hydrogen-bond donors (Lipinski definition) is 2. The topological polar surface area (TPSA) is 56.7 Å². The van der Waals surface area contributed by atoms with Gasteiger partial charge in [0.25, 0.3) is 0 Å². The molecular formula is C14H29IN4OS. The second-order valence-corrected chi connectivity index (χ2v) is 8.20. The molecule has 1 saturated heterocycles. The lowest BCUT2D eigenvalue weighted by molar-refractivity contribution is -0.128. The van der Waals surface area contributed by atoms with Gasteiger partial charge in [-0.3, -0.25) is 9.79 Å². The Morgan fingerprint density at radius 2 is 2.05 bits per heavy atom. The normalized spacial score (nSPS) is 18.8. The van der Waals surface area contributed by atoms with Crippen LogP contribution in [0.25, 0.3) is 0 Å². The van der Waals surface area contributed by atoms with Crippen molar-refractivity contribution >= 4 is 47.6 Å². The maximum atomic E-state index is 11.8. The molecular weight excluding hydrogens is 399 g/mol. The lowest BCUT2D eigenvalue weighted by Gasteiger charge is -2.39. The molecule has 0 saturated carbocycles. The molecule has 5 nitrogen and oxygen atoms in total. The molecule has 124 valence electrons. The van der Waals surface area contributed by atoms with Gasteiger partial charge in [0.15, 0.2) is 5.96 Å². The van der Waals surface area contributed by atoms with Crippen LogP contribution in [0.5, 0.6) is 0 Å². The summed E-state index contributed by atoms with van der Waals surface area (Å²) in [5.74, 6) is 2.03. The van der Waals surface area contributed by atoms with Crippen LogP contribution >= 0.6 is 35.7 Å². The van der Waals surface area contributed by atoms with Crippen LogP contribution in [0, 0.1) is 5.41 Å². The predicted octanol–water partition coefficient (Wildman–Crippen LogP) is 1.78. The van der Waals surface area contributed by atoms with E-state index in [0.29, 0.717) is 6.54 Å². The third-order valence-corrected chi connectivity index (χ3v) is 4.76. The summed E-state index contributed by atoms with van der Waals surface area (Å²) >= 11 is 2.00. The first kappa shape index (κ1) is 20.8. The van der Waals surface area contributed by atoms with E-state index in [1.807, 2.05) is 25.6 Å². The number of carbonyl (C=O) groups excluding carboxylic acids is 1. The third kappa shape index (κ3) is 6.22. The summed E-state index contributed by atoms with van der Waals surface area (Å²) in [6.45, 7) is 10.9. The Morgan fingerprint density at radius 1 is 1.43 bits per heavy atom. The second-order valence-electron chi connectivity index (χ2n) is 6.39. The van der Waals surface area contributed by atoms with Crippen molar-refractivity contribution in [2.24, 2.45) is 10.4 Å². The van der Waals surface area contributed by atoms with E-state index >= 15 is 0 Å². The summed E-state index contributed by atoms with van der Waals surface area (Å²) in [6, 6.07) is 0. The largest absolute Gasteiger partial charge is 0.359 e. The minimum absolute atomic E-state index is 0. The fourth-order valence-electron chi connectivity index (χ4n) is 2.25. The molecule has 1 fully saturated rings. The van der Waals surface area contributed by atoms with E-state index in [4.69, 9.17) is 0 Å². The fourth-order valence-corrected chi connectivity index (χ4v) is 3.36. The van der Waals surface area contributed by atoms with Gasteiger partial charge in [-0.05, 0) is 27.7 Å². The zero-order valence-corrected chi connectivity index (χ0v) is 17.1. The smallest absolute Gasteiger partial charge is 0.227 e. The summed E-state index contributed by atoms with van der Waals surface area (Å²) in [5.41, 5.74) is -0.454. The van der Waals surface area contributed by atoms with E-state index in [1.54, 1.807) is 14.1 Å². The quantitative estimate of drug-likeness (QED) is 0.409. The van der Waals surface area contributed by atoms with Crippen LogP contribution in [0.15, 0.2) is 4.99 Å². The predicted molar refractivity (Wildman–Crippen MR) is 103 cm³/mol. The Labute approximate surface area is 150 Å². The third-order valence-electron chi connectivity index (χ3n) is 3.47. The first-order valence-electron chi connectivity index (χ1n) is 7.03. The highest BCUT2D eigenvalue weighted by Crippen LogP contribution is 2.29. The standard InChI is InChI=1S/C14H28N4OS.HI/c1-13(2,11(19)15-5)9-17-12(16-6)18-7-8-20-14(3,4)10-18;/h7-10H2,1-6H3,(H,15,19)(H,16,17);1H. The molecule has 1 heterocycles. The summed E-state index contributed by atoms with van der Waals surface area (Å²) in [6.07, 6.45) is 0. The zero-order chi connectivity index (χ0) is 15.4. The van der Waals surface area contributed by atoms with Crippen LogP contribution in [0.3, 0.4) is 0 Å². The van der Waals surface area contributed by atoms with E-state index in [0.717, 1.165) is 24.8 Å². The van der Waals surface area contributed by atoms with Crippen molar-refractivity contribution in [3.05, 3.63) is 0 Å². The molecule has 1 rings (SSSR count). The van der Waals surface area contributed by atoms with Crippen molar-refractivity contribution in [1.29, 1.82) is 0 Å². The van der Waals surface area contributed by atoms with Crippen LogP contribution in [-0.2, 0) is 4.79 Å². The Hall–Kier alpha value is -0.180. The molecule has 0 radical (unpaired) electrons. The van der Waals surface area contributed by atoms with Gasteiger partial charge in [0.2, 0.25) is 5.91 Å². The molecule has 0 spiro atoms. The average Bonchev–Trinajstić information content (AvgIpc) is 2.37. The SMILES string of the molecule is CN=C(NCC(C)(C)C(=O)NC)N1CCSC(C)(C)C1.I. The highest BCUT2D eigenvalue weighted by atomic mass is 127. The number of amides is 1. The van der Waals surface area contributed by atoms with E-state index in [2.05, 4.69) is 34.4 Å². The van der Waals surface area contributed by atoms with Gasteiger partial charge in [-0.1, -0.05) is 0 Å². The van der Waals surface area contributed by atoms with Gasteiger partial charge in [0, 0.05) is 44.2 Å². The molecule has 0 unspecified atom stereocenters. The van der Waals surface area contributed by atoms with Crippen LogP contribution in [0.4, 0.5) is 0 Å². The minimum atomic E-state index is -0.454. The molecule has 1 aliphatic rings. The zero-order valence-electron chi connectivity index (χ0n) is 13.9. The summed E-state index contributed by atoms with van der Waals surface area (Å²) in [7, 11) is 3.47. The maximum absolute atomic E-state index is 11.8. The molecule has 0 aromatic rings. The molecule has 7 heteroatoms. The van der Waals surface area contributed by atoms with Gasteiger partial charge in [-0.2, -0.15) is 11.8 Å². The monoisotopic (exact) mass is 428 g/mol. The van der Waals surface area contributed by atoms with Crippen molar-refractivity contribution in [3.63, 3.8) is 0 Å². The molecule has 0 aromatic carbocycles. The van der Waals surface area contributed by atoms with Gasteiger partial charge in [-0.25, -0.2) is 0 Å². The lowest BCUT2D eigenvalue weighted by Crippen LogP contribution is -2.53. The highest BCUT2D eigenvalue weighted by Gasteiger charge is 2.31. The first-order chi connectivity index (χ1) is 9.22. The summed E-state index contributed by atoms with van der Waals surface area (Å²) < 4.78 is 0.242. The molecule has 21 heavy (non-hydrogen) atoms. The average molecular weight is 428 g/mol. The van der Waals surface area contributed by atoms with E-state index in [1.165, 1.54) is 0 Å². The van der Waals surface area contributed by atoms with E-state index in [9.17, 15) is 4.79 Å². The Bertz CT molecular complexity index is 385. The number of rotatable bonds is 3. The molecule has 0 atom stereocenters. The minimum Gasteiger partial charge on any atom is -0.359 e. The van der Waals surface area contributed by atoms with Gasteiger partial charge in [-0.15, -0.1) is 24.0 Å². The Morgan fingerprint density at radius 3 is 2.52 bits per heavy atom. The lowest BCUT2D eigenvalue weighted by atomic mass is 9.92. The first-order valence-corrected chi connectivity index (χ1v) is 8.02. The van der Waals surface area contributed by atoms with Gasteiger partial charge in [0.1, 0.15) is 0 Å². The summed E-state index contributed by atoms with van der Waals surface area (Å²) in [5, 5.41) is 6.04. The Balaban J connectivity index is 0.00000400. The van der Waals surface area contributed by atoms with Gasteiger partial charge >= 0.3 is 0 Å². The van der Waals surface area contributed by atoms with Crippen LogP contribution in [0.2, 0.25) is 0 Å². The molecule has 0 bridgehead atoms. The second kappa shape index (κ2) is 8.45. The van der Waals surface area contributed by atoms with Crippen molar-refractivity contribution in [1.82, 2.24) is 15.5 Å². The number of carbonyl (C=O) groups is 1. The van der Waals surface area contributed by atoms with Gasteiger partial charge < -0.3 is 15.5 Å². The number of guanidine groups is 1. The number of halogens is 1. The van der Waals surface area contributed by atoms with Crippen molar-refractivity contribution in [3.8, 4) is 0 Å².